The van der Waals surface area contributed by atoms with Crippen LogP contribution in [0.1, 0.15) is 21.5 Å². The minimum absolute atomic E-state index is 0.107. The van der Waals surface area contributed by atoms with Crippen molar-refractivity contribution in [1.82, 2.24) is 0 Å². The van der Waals surface area contributed by atoms with Crippen LogP contribution in [-0.4, -0.2) is 10.9 Å². The SMILES string of the molecule is O=C(/C=C/c1ccc(OCc2ccccc2)cc1)c1ccc(O)cc1. The maximum atomic E-state index is 12.1. The summed E-state index contributed by atoms with van der Waals surface area (Å²) >= 11 is 0. The summed E-state index contributed by atoms with van der Waals surface area (Å²) in [6.45, 7) is 0.523. The quantitative estimate of drug-likeness (QED) is 0.518. The molecule has 124 valence electrons. The number of hydrogen-bond donors (Lipinski definition) is 1. The Labute approximate surface area is 146 Å². The molecule has 0 aromatic heterocycles. The molecule has 0 atom stereocenters. The lowest BCUT2D eigenvalue weighted by Gasteiger charge is -2.06. The lowest BCUT2D eigenvalue weighted by molar-refractivity contribution is 0.104. The zero-order valence-electron chi connectivity index (χ0n) is 13.6. The van der Waals surface area contributed by atoms with E-state index in [0.717, 1.165) is 16.9 Å². The molecule has 3 heteroatoms. The molecule has 3 aromatic carbocycles. The van der Waals surface area contributed by atoms with Crippen molar-refractivity contribution in [2.24, 2.45) is 0 Å². The summed E-state index contributed by atoms with van der Waals surface area (Å²) in [5, 5.41) is 9.25. The van der Waals surface area contributed by atoms with Gasteiger partial charge in [-0.05, 0) is 53.6 Å². The van der Waals surface area contributed by atoms with Crippen LogP contribution >= 0.6 is 0 Å². The number of carbonyl (C=O) groups excluding carboxylic acids is 1. The van der Waals surface area contributed by atoms with Crippen molar-refractivity contribution in [2.45, 2.75) is 6.61 Å². The highest BCUT2D eigenvalue weighted by Gasteiger charge is 2.01. The zero-order chi connectivity index (χ0) is 17.5. The number of phenolic OH excluding ortho intramolecular Hbond substituents is 1. The van der Waals surface area contributed by atoms with Crippen LogP contribution in [0.15, 0.2) is 84.9 Å². The average Bonchev–Trinajstić information content (AvgIpc) is 2.67. The van der Waals surface area contributed by atoms with E-state index in [1.165, 1.54) is 18.2 Å². The van der Waals surface area contributed by atoms with Gasteiger partial charge < -0.3 is 9.84 Å². The van der Waals surface area contributed by atoms with E-state index in [0.29, 0.717) is 12.2 Å². The zero-order valence-corrected chi connectivity index (χ0v) is 13.6. The maximum Gasteiger partial charge on any atom is 0.185 e. The Morgan fingerprint density at radius 1 is 0.880 bits per heavy atom. The molecule has 0 heterocycles. The Balaban J connectivity index is 1.58. The van der Waals surface area contributed by atoms with Gasteiger partial charge in [-0.2, -0.15) is 0 Å². The van der Waals surface area contributed by atoms with E-state index in [4.69, 9.17) is 4.74 Å². The van der Waals surface area contributed by atoms with E-state index >= 15 is 0 Å². The van der Waals surface area contributed by atoms with Crippen LogP contribution in [0.2, 0.25) is 0 Å². The second kappa shape index (κ2) is 7.97. The molecule has 0 spiro atoms. The van der Waals surface area contributed by atoms with Crippen molar-refractivity contribution in [1.29, 1.82) is 0 Å². The predicted octanol–water partition coefficient (Wildman–Crippen LogP) is 4.87. The highest BCUT2D eigenvalue weighted by molar-refractivity contribution is 6.06. The van der Waals surface area contributed by atoms with Gasteiger partial charge in [0.1, 0.15) is 18.1 Å². The van der Waals surface area contributed by atoms with Crippen molar-refractivity contribution >= 4 is 11.9 Å². The van der Waals surface area contributed by atoms with Gasteiger partial charge in [0.15, 0.2) is 5.78 Å². The van der Waals surface area contributed by atoms with E-state index in [9.17, 15) is 9.90 Å². The van der Waals surface area contributed by atoms with Gasteiger partial charge in [-0.25, -0.2) is 0 Å². The summed E-state index contributed by atoms with van der Waals surface area (Å²) in [7, 11) is 0. The highest BCUT2D eigenvalue weighted by atomic mass is 16.5. The van der Waals surface area contributed by atoms with Crippen LogP contribution in [0, 0.1) is 0 Å². The van der Waals surface area contributed by atoms with Gasteiger partial charge in [0.25, 0.3) is 0 Å². The third-order valence-corrected chi connectivity index (χ3v) is 3.71. The smallest absolute Gasteiger partial charge is 0.185 e. The van der Waals surface area contributed by atoms with Crippen molar-refractivity contribution in [3.05, 3.63) is 102 Å². The molecule has 0 fully saturated rings. The molecule has 0 saturated heterocycles. The summed E-state index contributed by atoms with van der Waals surface area (Å²) in [5.74, 6) is 0.821. The first kappa shape index (κ1) is 16.5. The summed E-state index contributed by atoms with van der Waals surface area (Å²) < 4.78 is 5.74. The van der Waals surface area contributed by atoms with Crippen LogP contribution < -0.4 is 4.74 Å². The molecule has 0 saturated carbocycles. The predicted molar refractivity (Wildman–Crippen MR) is 98.7 cm³/mol. The first-order valence-corrected chi connectivity index (χ1v) is 7.99. The first-order chi connectivity index (χ1) is 12.2. The molecular formula is C22H18O3. The minimum atomic E-state index is -0.107. The number of allylic oxidation sites excluding steroid dienone is 1. The van der Waals surface area contributed by atoms with Crippen LogP contribution in [0.5, 0.6) is 11.5 Å². The van der Waals surface area contributed by atoms with Crippen LogP contribution in [0.4, 0.5) is 0 Å². The van der Waals surface area contributed by atoms with Gasteiger partial charge in [-0.3, -0.25) is 4.79 Å². The lowest BCUT2D eigenvalue weighted by atomic mass is 10.1. The Morgan fingerprint density at radius 3 is 2.24 bits per heavy atom. The van der Waals surface area contributed by atoms with Gasteiger partial charge >= 0.3 is 0 Å². The van der Waals surface area contributed by atoms with E-state index < -0.39 is 0 Å². The molecule has 1 N–H and O–H groups in total. The van der Waals surface area contributed by atoms with Crippen molar-refractivity contribution in [3.8, 4) is 11.5 Å². The van der Waals surface area contributed by atoms with E-state index in [1.54, 1.807) is 18.2 Å². The summed E-state index contributed by atoms with van der Waals surface area (Å²) in [6.07, 6.45) is 3.28. The van der Waals surface area contributed by atoms with E-state index in [2.05, 4.69) is 0 Å². The summed E-state index contributed by atoms with van der Waals surface area (Å²) in [5.41, 5.74) is 2.57. The molecule has 0 aliphatic heterocycles. The highest BCUT2D eigenvalue weighted by Crippen LogP contribution is 2.16. The molecule has 3 rings (SSSR count). The first-order valence-electron chi connectivity index (χ1n) is 7.99. The second-order valence-corrected chi connectivity index (χ2v) is 5.59. The third kappa shape index (κ3) is 4.82. The molecule has 0 unspecified atom stereocenters. The van der Waals surface area contributed by atoms with Crippen LogP contribution in [-0.2, 0) is 6.61 Å². The summed E-state index contributed by atoms with van der Waals surface area (Å²) in [4.78, 5) is 12.1. The largest absolute Gasteiger partial charge is 0.508 e. The van der Waals surface area contributed by atoms with Crippen LogP contribution in [0.25, 0.3) is 6.08 Å². The fourth-order valence-corrected chi connectivity index (χ4v) is 2.31. The number of rotatable bonds is 6. The molecule has 3 aromatic rings. The van der Waals surface area contributed by atoms with Gasteiger partial charge in [0.05, 0.1) is 0 Å². The molecule has 0 bridgehead atoms. The molecule has 0 aliphatic rings. The monoisotopic (exact) mass is 330 g/mol. The van der Waals surface area contributed by atoms with E-state index in [1.807, 2.05) is 54.6 Å². The molecule has 0 radical (unpaired) electrons. The molecular weight excluding hydrogens is 312 g/mol. The van der Waals surface area contributed by atoms with Gasteiger partial charge in [-0.1, -0.05) is 48.5 Å². The van der Waals surface area contributed by atoms with Crippen LogP contribution in [0.3, 0.4) is 0 Å². The van der Waals surface area contributed by atoms with Gasteiger partial charge in [0, 0.05) is 5.56 Å². The minimum Gasteiger partial charge on any atom is -0.508 e. The molecule has 25 heavy (non-hydrogen) atoms. The Hall–Kier alpha value is -3.33. The Kier molecular flexibility index (Phi) is 5.27. The fraction of sp³-hybridized carbons (Fsp3) is 0.0455. The fourth-order valence-electron chi connectivity index (χ4n) is 2.31. The Bertz CT molecular complexity index is 848. The number of benzene rings is 3. The number of carbonyl (C=O) groups is 1. The number of aromatic hydroxyl groups is 1. The number of ether oxygens (including phenoxy) is 1. The number of ketones is 1. The van der Waals surface area contributed by atoms with E-state index in [-0.39, 0.29) is 11.5 Å². The molecule has 0 amide bonds. The van der Waals surface area contributed by atoms with Crippen molar-refractivity contribution in [3.63, 3.8) is 0 Å². The maximum absolute atomic E-state index is 12.1. The standard InChI is InChI=1S/C22H18O3/c23-20-11-9-19(10-12-20)22(24)15-8-17-6-13-21(14-7-17)25-16-18-4-2-1-3-5-18/h1-15,23H,16H2/b15-8+. The van der Waals surface area contributed by atoms with Gasteiger partial charge in [0.2, 0.25) is 0 Å². The normalized spacial score (nSPS) is 10.7. The van der Waals surface area contributed by atoms with Crippen molar-refractivity contribution < 1.29 is 14.6 Å². The van der Waals surface area contributed by atoms with Gasteiger partial charge in [-0.15, -0.1) is 0 Å². The second-order valence-electron chi connectivity index (χ2n) is 5.59. The average molecular weight is 330 g/mol. The number of hydrogen-bond acceptors (Lipinski definition) is 3. The topological polar surface area (TPSA) is 46.5 Å². The summed E-state index contributed by atoms with van der Waals surface area (Å²) in [6, 6.07) is 23.8. The van der Waals surface area contributed by atoms with Crippen molar-refractivity contribution in [2.75, 3.05) is 0 Å². The molecule has 0 aliphatic carbocycles. The third-order valence-electron chi connectivity index (χ3n) is 3.71. The lowest BCUT2D eigenvalue weighted by Crippen LogP contribution is -1.95. The number of phenols is 1. The Morgan fingerprint density at radius 2 is 1.56 bits per heavy atom. The molecule has 3 nitrogen and oxygen atoms in total.